The van der Waals surface area contributed by atoms with Crippen molar-refractivity contribution >= 4 is 22.6 Å². The number of hydrogen-bond acceptors (Lipinski definition) is 2. The van der Waals surface area contributed by atoms with E-state index >= 15 is 0 Å². The average Bonchev–Trinajstić information content (AvgIpc) is 2.51. The molecule has 2 rings (SSSR count). The fourth-order valence-electron chi connectivity index (χ4n) is 1.77. The fourth-order valence-corrected chi connectivity index (χ4v) is 1.77. The highest BCUT2D eigenvalue weighted by atomic mass is 16.4. The maximum absolute atomic E-state index is 10.9. The van der Waals surface area contributed by atoms with Crippen LogP contribution in [0, 0.1) is 6.92 Å². The number of aromatic carboxylic acids is 1. The Kier molecular flexibility index (Phi) is 1.93. The van der Waals surface area contributed by atoms with E-state index in [-0.39, 0.29) is 5.69 Å². The third-order valence-electron chi connectivity index (χ3n) is 2.76. The summed E-state index contributed by atoms with van der Waals surface area (Å²) in [6, 6.07) is 5.29. The largest absolute Gasteiger partial charge is 0.477 e. The summed E-state index contributed by atoms with van der Waals surface area (Å²) in [5.74, 6) is -0.924. The zero-order valence-corrected chi connectivity index (χ0v) is 8.61. The minimum absolute atomic E-state index is 0.277. The van der Waals surface area contributed by atoms with E-state index < -0.39 is 5.97 Å². The Bertz CT molecular complexity index is 555. The van der Waals surface area contributed by atoms with Crippen LogP contribution in [0.25, 0.3) is 10.9 Å². The summed E-state index contributed by atoms with van der Waals surface area (Å²) in [5, 5.41) is 9.87. The molecule has 0 unspecified atom stereocenters. The first kappa shape index (κ1) is 9.58. The number of nitrogen functional groups attached to an aromatic ring is 1. The molecular formula is C11H12N2O2. The lowest BCUT2D eigenvalue weighted by molar-refractivity contribution is 0.0687. The van der Waals surface area contributed by atoms with Gasteiger partial charge in [-0.25, -0.2) is 4.79 Å². The molecule has 3 N–H and O–H groups in total. The molecule has 1 heterocycles. The molecule has 0 bridgehead atoms. The zero-order chi connectivity index (χ0) is 11.2. The second-order valence-electron chi connectivity index (χ2n) is 3.61. The summed E-state index contributed by atoms with van der Waals surface area (Å²) in [4.78, 5) is 10.9. The SMILES string of the molecule is Cc1c(N)ccc2c1cc(C(=O)O)n2C. The number of carboxylic acids is 1. The van der Waals surface area contributed by atoms with Crippen LogP contribution in [0.1, 0.15) is 16.1 Å². The molecule has 0 amide bonds. The molecule has 2 aromatic rings. The van der Waals surface area contributed by atoms with Crippen molar-refractivity contribution in [3.63, 3.8) is 0 Å². The number of aromatic nitrogens is 1. The van der Waals surface area contributed by atoms with Crippen molar-refractivity contribution in [2.45, 2.75) is 6.92 Å². The first-order valence-corrected chi connectivity index (χ1v) is 4.60. The van der Waals surface area contributed by atoms with Crippen molar-refractivity contribution < 1.29 is 9.90 Å². The van der Waals surface area contributed by atoms with Crippen LogP contribution in [-0.2, 0) is 7.05 Å². The Hall–Kier alpha value is -1.97. The zero-order valence-electron chi connectivity index (χ0n) is 8.61. The van der Waals surface area contributed by atoms with Crippen LogP contribution in [0.3, 0.4) is 0 Å². The van der Waals surface area contributed by atoms with Crippen molar-refractivity contribution in [3.05, 3.63) is 29.5 Å². The van der Waals surface area contributed by atoms with Gasteiger partial charge in [0.1, 0.15) is 5.69 Å². The Morgan fingerprint density at radius 3 is 2.73 bits per heavy atom. The first-order valence-electron chi connectivity index (χ1n) is 4.60. The maximum Gasteiger partial charge on any atom is 0.352 e. The first-order chi connectivity index (χ1) is 7.02. The van der Waals surface area contributed by atoms with E-state index in [0.29, 0.717) is 5.69 Å². The molecule has 0 aliphatic heterocycles. The van der Waals surface area contributed by atoms with Gasteiger partial charge in [0.05, 0.1) is 0 Å². The molecule has 0 radical (unpaired) electrons. The summed E-state index contributed by atoms with van der Waals surface area (Å²) in [5.41, 5.74) is 8.54. The minimum atomic E-state index is -0.924. The topological polar surface area (TPSA) is 68.2 Å². The molecule has 1 aromatic heterocycles. The molecule has 4 nitrogen and oxygen atoms in total. The van der Waals surface area contributed by atoms with Gasteiger partial charge < -0.3 is 15.4 Å². The molecule has 0 saturated carbocycles. The van der Waals surface area contributed by atoms with Crippen LogP contribution in [0.5, 0.6) is 0 Å². The lowest BCUT2D eigenvalue weighted by Crippen LogP contribution is -2.03. The summed E-state index contributed by atoms with van der Waals surface area (Å²) in [7, 11) is 1.74. The second kappa shape index (κ2) is 3.02. The predicted octanol–water partition coefficient (Wildman–Crippen LogP) is 1.77. The molecule has 78 valence electrons. The highest BCUT2D eigenvalue weighted by Crippen LogP contribution is 2.26. The standard InChI is InChI=1S/C11H12N2O2/c1-6-7-5-10(11(14)15)13(2)9(7)4-3-8(6)12/h3-5H,12H2,1-2H3,(H,14,15). The van der Waals surface area contributed by atoms with E-state index in [2.05, 4.69) is 0 Å². The number of fused-ring (bicyclic) bond motifs is 1. The van der Waals surface area contributed by atoms with E-state index in [9.17, 15) is 4.79 Å². The number of nitrogens with two attached hydrogens (primary N) is 1. The number of carboxylic acid groups (broad SMARTS) is 1. The van der Waals surface area contributed by atoms with E-state index in [1.807, 2.05) is 13.0 Å². The molecule has 0 aliphatic carbocycles. The Balaban J connectivity index is 2.88. The number of hydrogen-bond donors (Lipinski definition) is 2. The average molecular weight is 204 g/mol. The van der Waals surface area contributed by atoms with E-state index in [4.69, 9.17) is 10.8 Å². The molecule has 0 aliphatic rings. The van der Waals surface area contributed by atoms with Crippen molar-refractivity contribution in [1.82, 2.24) is 4.57 Å². The van der Waals surface area contributed by atoms with Crippen molar-refractivity contribution in [2.75, 3.05) is 5.73 Å². The number of rotatable bonds is 1. The van der Waals surface area contributed by atoms with Gasteiger partial charge in [0, 0.05) is 23.6 Å². The maximum atomic E-state index is 10.9. The van der Waals surface area contributed by atoms with Gasteiger partial charge in [-0.05, 0) is 30.7 Å². The van der Waals surface area contributed by atoms with Crippen LogP contribution in [-0.4, -0.2) is 15.6 Å². The Labute approximate surface area is 86.9 Å². The van der Waals surface area contributed by atoms with Gasteiger partial charge >= 0.3 is 5.97 Å². The van der Waals surface area contributed by atoms with E-state index in [1.165, 1.54) is 0 Å². The molecule has 4 heteroatoms. The fraction of sp³-hybridized carbons (Fsp3) is 0.182. The Morgan fingerprint density at radius 1 is 1.47 bits per heavy atom. The van der Waals surface area contributed by atoms with Crippen LogP contribution in [0.2, 0.25) is 0 Å². The quantitative estimate of drug-likeness (QED) is 0.695. The third-order valence-corrected chi connectivity index (χ3v) is 2.76. The molecular weight excluding hydrogens is 192 g/mol. The van der Waals surface area contributed by atoms with Crippen molar-refractivity contribution in [1.29, 1.82) is 0 Å². The normalized spacial score (nSPS) is 10.8. The van der Waals surface area contributed by atoms with E-state index in [1.54, 1.807) is 23.7 Å². The lowest BCUT2D eigenvalue weighted by atomic mass is 10.1. The van der Waals surface area contributed by atoms with Crippen LogP contribution in [0.15, 0.2) is 18.2 Å². The Morgan fingerprint density at radius 2 is 2.13 bits per heavy atom. The van der Waals surface area contributed by atoms with E-state index in [0.717, 1.165) is 16.5 Å². The number of benzene rings is 1. The van der Waals surface area contributed by atoms with Gasteiger partial charge in [-0.3, -0.25) is 0 Å². The van der Waals surface area contributed by atoms with Crippen molar-refractivity contribution in [2.24, 2.45) is 7.05 Å². The highest BCUT2D eigenvalue weighted by Gasteiger charge is 2.13. The van der Waals surface area contributed by atoms with Gasteiger partial charge in [0.2, 0.25) is 0 Å². The number of aryl methyl sites for hydroxylation is 2. The number of carbonyl (C=O) groups is 1. The smallest absolute Gasteiger partial charge is 0.352 e. The predicted molar refractivity (Wildman–Crippen MR) is 59.0 cm³/mol. The monoisotopic (exact) mass is 204 g/mol. The molecule has 1 aromatic carbocycles. The molecule has 0 atom stereocenters. The third kappa shape index (κ3) is 1.26. The minimum Gasteiger partial charge on any atom is -0.477 e. The van der Waals surface area contributed by atoms with Crippen LogP contribution in [0.4, 0.5) is 5.69 Å². The second-order valence-corrected chi connectivity index (χ2v) is 3.61. The molecule has 0 spiro atoms. The van der Waals surface area contributed by atoms with Gasteiger partial charge in [-0.15, -0.1) is 0 Å². The van der Waals surface area contributed by atoms with Crippen molar-refractivity contribution in [3.8, 4) is 0 Å². The molecule has 15 heavy (non-hydrogen) atoms. The molecule has 0 fully saturated rings. The summed E-state index contributed by atoms with van der Waals surface area (Å²) in [6.45, 7) is 1.89. The summed E-state index contributed by atoms with van der Waals surface area (Å²) < 4.78 is 1.66. The number of anilines is 1. The van der Waals surface area contributed by atoms with Gasteiger partial charge in [0.15, 0.2) is 0 Å². The van der Waals surface area contributed by atoms with Gasteiger partial charge in [-0.1, -0.05) is 0 Å². The van der Waals surface area contributed by atoms with Gasteiger partial charge in [-0.2, -0.15) is 0 Å². The van der Waals surface area contributed by atoms with Crippen LogP contribution < -0.4 is 5.73 Å². The summed E-state index contributed by atoms with van der Waals surface area (Å²) in [6.07, 6.45) is 0. The molecule has 0 saturated heterocycles. The number of nitrogens with zero attached hydrogens (tertiary/aromatic N) is 1. The lowest BCUT2D eigenvalue weighted by Gasteiger charge is -2.02. The summed E-state index contributed by atoms with van der Waals surface area (Å²) >= 11 is 0. The van der Waals surface area contributed by atoms with Crippen LogP contribution >= 0.6 is 0 Å². The van der Waals surface area contributed by atoms with Gasteiger partial charge in [0.25, 0.3) is 0 Å². The highest BCUT2D eigenvalue weighted by molar-refractivity contribution is 5.97.